The van der Waals surface area contributed by atoms with Crippen molar-refractivity contribution < 1.29 is 9.90 Å². The number of hydrogen-bond donors (Lipinski definition) is 1. The highest BCUT2D eigenvalue weighted by Gasteiger charge is 2.17. The SMILES string of the molecule is CSCC(C)n1c(SCC(=O)O)nc2ccc(C#N)cc21. The molecule has 7 heteroatoms. The van der Waals surface area contributed by atoms with Crippen molar-refractivity contribution in [2.24, 2.45) is 0 Å². The number of aliphatic carboxylic acids is 1. The van der Waals surface area contributed by atoms with Crippen molar-refractivity contribution in [1.29, 1.82) is 5.26 Å². The number of carboxylic acid groups (broad SMARTS) is 1. The fourth-order valence-electron chi connectivity index (χ4n) is 2.11. The van der Waals surface area contributed by atoms with E-state index >= 15 is 0 Å². The lowest BCUT2D eigenvalue weighted by Gasteiger charge is -2.16. The lowest BCUT2D eigenvalue weighted by atomic mass is 10.2. The van der Waals surface area contributed by atoms with Crippen LogP contribution in [0.15, 0.2) is 23.4 Å². The summed E-state index contributed by atoms with van der Waals surface area (Å²) in [7, 11) is 0. The molecule has 0 aliphatic rings. The average Bonchev–Trinajstić information content (AvgIpc) is 2.82. The van der Waals surface area contributed by atoms with Crippen molar-refractivity contribution in [3.63, 3.8) is 0 Å². The van der Waals surface area contributed by atoms with Gasteiger partial charge in [-0.15, -0.1) is 0 Å². The van der Waals surface area contributed by atoms with Crippen LogP contribution in [0.25, 0.3) is 11.0 Å². The van der Waals surface area contributed by atoms with E-state index < -0.39 is 5.97 Å². The summed E-state index contributed by atoms with van der Waals surface area (Å²) in [5.74, 6) is -0.00244. The number of rotatable bonds is 6. The molecule has 0 saturated carbocycles. The van der Waals surface area contributed by atoms with Crippen LogP contribution >= 0.6 is 23.5 Å². The van der Waals surface area contributed by atoms with Gasteiger partial charge in [0.15, 0.2) is 5.16 Å². The fourth-order valence-corrected chi connectivity index (χ4v) is 3.57. The molecular weight excluding hydrogens is 306 g/mol. The highest BCUT2D eigenvalue weighted by molar-refractivity contribution is 7.99. The first kappa shape index (κ1) is 15.7. The first-order chi connectivity index (χ1) is 10.1. The van der Waals surface area contributed by atoms with Gasteiger partial charge in [-0.2, -0.15) is 17.0 Å². The van der Waals surface area contributed by atoms with Crippen LogP contribution in [0.3, 0.4) is 0 Å². The summed E-state index contributed by atoms with van der Waals surface area (Å²) in [6.45, 7) is 2.07. The number of thioether (sulfide) groups is 2. The Morgan fingerprint density at radius 3 is 2.95 bits per heavy atom. The number of carbonyl (C=O) groups is 1. The van der Waals surface area contributed by atoms with E-state index in [0.717, 1.165) is 16.8 Å². The van der Waals surface area contributed by atoms with Crippen LogP contribution in [0.1, 0.15) is 18.5 Å². The minimum Gasteiger partial charge on any atom is -0.481 e. The van der Waals surface area contributed by atoms with E-state index in [0.29, 0.717) is 10.7 Å². The van der Waals surface area contributed by atoms with E-state index in [-0.39, 0.29) is 11.8 Å². The Morgan fingerprint density at radius 1 is 1.57 bits per heavy atom. The summed E-state index contributed by atoms with van der Waals surface area (Å²) < 4.78 is 2.03. The summed E-state index contributed by atoms with van der Waals surface area (Å²) in [4.78, 5) is 15.3. The number of benzene rings is 1. The van der Waals surface area contributed by atoms with Crippen molar-refractivity contribution in [1.82, 2.24) is 9.55 Å². The van der Waals surface area contributed by atoms with Crippen molar-refractivity contribution in [3.05, 3.63) is 23.8 Å². The number of carboxylic acids is 1. The molecule has 0 fully saturated rings. The third-order valence-electron chi connectivity index (χ3n) is 2.96. The largest absolute Gasteiger partial charge is 0.481 e. The maximum atomic E-state index is 10.8. The second-order valence-electron chi connectivity index (χ2n) is 4.57. The molecule has 0 aliphatic carbocycles. The molecule has 1 aromatic carbocycles. The molecule has 0 amide bonds. The van der Waals surface area contributed by atoms with Crippen LogP contribution < -0.4 is 0 Å². The van der Waals surface area contributed by atoms with Crippen LogP contribution in [-0.2, 0) is 4.79 Å². The van der Waals surface area contributed by atoms with Gasteiger partial charge in [0.25, 0.3) is 0 Å². The molecule has 0 aliphatic heterocycles. The normalized spacial score (nSPS) is 12.2. The second kappa shape index (κ2) is 6.87. The predicted octanol–water partition coefficient (Wildman–Crippen LogP) is 3.01. The van der Waals surface area contributed by atoms with E-state index in [1.807, 2.05) is 16.9 Å². The molecule has 21 heavy (non-hydrogen) atoms. The summed E-state index contributed by atoms with van der Waals surface area (Å²) in [5.41, 5.74) is 2.24. The second-order valence-corrected chi connectivity index (χ2v) is 6.42. The molecular formula is C14H15N3O2S2. The summed E-state index contributed by atoms with van der Waals surface area (Å²) >= 11 is 2.93. The average molecular weight is 321 g/mol. The maximum absolute atomic E-state index is 10.8. The Kier molecular flexibility index (Phi) is 5.15. The van der Waals surface area contributed by atoms with Crippen LogP contribution in [0, 0.1) is 11.3 Å². The molecule has 1 aromatic heterocycles. The maximum Gasteiger partial charge on any atom is 0.313 e. The van der Waals surface area contributed by atoms with Gasteiger partial charge in [0.1, 0.15) is 0 Å². The minimum atomic E-state index is -0.867. The summed E-state index contributed by atoms with van der Waals surface area (Å²) in [6.07, 6.45) is 2.03. The van der Waals surface area contributed by atoms with Crippen LogP contribution in [-0.4, -0.2) is 38.4 Å². The Hall–Kier alpha value is -1.65. The molecule has 2 rings (SSSR count). The monoisotopic (exact) mass is 321 g/mol. The Balaban J connectivity index is 2.52. The molecule has 2 aromatic rings. The lowest BCUT2D eigenvalue weighted by molar-refractivity contribution is -0.133. The molecule has 0 bridgehead atoms. The van der Waals surface area contributed by atoms with E-state index in [2.05, 4.69) is 18.0 Å². The Morgan fingerprint density at radius 2 is 2.33 bits per heavy atom. The topological polar surface area (TPSA) is 78.9 Å². The minimum absolute atomic E-state index is 0.0274. The lowest BCUT2D eigenvalue weighted by Crippen LogP contribution is -2.10. The molecule has 0 spiro atoms. The molecule has 0 radical (unpaired) electrons. The van der Waals surface area contributed by atoms with Crippen LogP contribution in [0.5, 0.6) is 0 Å². The molecule has 5 nitrogen and oxygen atoms in total. The van der Waals surface area contributed by atoms with Gasteiger partial charge in [-0.1, -0.05) is 11.8 Å². The van der Waals surface area contributed by atoms with Gasteiger partial charge in [0.05, 0.1) is 28.4 Å². The number of nitriles is 1. The van der Waals surface area contributed by atoms with E-state index in [4.69, 9.17) is 10.4 Å². The third kappa shape index (κ3) is 3.52. The van der Waals surface area contributed by atoms with Gasteiger partial charge in [0.2, 0.25) is 0 Å². The van der Waals surface area contributed by atoms with Gasteiger partial charge in [-0.05, 0) is 31.4 Å². The quantitative estimate of drug-likeness (QED) is 0.824. The van der Waals surface area contributed by atoms with Crippen molar-refractivity contribution in [3.8, 4) is 6.07 Å². The van der Waals surface area contributed by atoms with Crippen LogP contribution in [0.2, 0.25) is 0 Å². The Bertz CT molecular complexity index is 706. The molecule has 110 valence electrons. The van der Waals surface area contributed by atoms with Crippen molar-refractivity contribution in [2.75, 3.05) is 17.8 Å². The predicted molar refractivity (Wildman–Crippen MR) is 85.9 cm³/mol. The first-order valence-electron chi connectivity index (χ1n) is 6.32. The van der Waals surface area contributed by atoms with Gasteiger partial charge in [-0.3, -0.25) is 4.79 Å². The molecule has 1 heterocycles. The number of nitrogens with zero attached hydrogens (tertiary/aromatic N) is 3. The summed E-state index contributed by atoms with van der Waals surface area (Å²) in [6, 6.07) is 7.65. The van der Waals surface area contributed by atoms with Gasteiger partial charge >= 0.3 is 5.97 Å². The van der Waals surface area contributed by atoms with Crippen molar-refractivity contribution >= 4 is 40.5 Å². The summed E-state index contributed by atoms with van der Waals surface area (Å²) in [5, 5.41) is 18.6. The third-order valence-corrected chi connectivity index (χ3v) is 4.71. The van der Waals surface area contributed by atoms with E-state index in [1.165, 1.54) is 11.8 Å². The van der Waals surface area contributed by atoms with E-state index in [1.54, 1.807) is 23.9 Å². The number of aromatic nitrogens is 2. The zero-order valence-corrected chi connectivity index (χ0v) is 13.4. The first-order valence-corrected chi connectivity index (χ1v) is 8.70. The molecule has 0 saturated heterocycles. The number of fused-ring (bicyclic) bond motifs is 1. The zero-order chi connectivity index (χ0) is 15.4. The van der Waals surface area contributed by atoms with Crippen molar-refractivity contribution in [2.45, 2.75) is 18.1 Å². The fraction of sp³-hybridized carbons (Fsp3) is 0.357. The number of hydrogen-bond acceptors (Lipinski definition) is 5. The highest BCUT2D eigenvalue weighted by Crippen LogP contribution is 2.29. The van der Waals surface area contributed by atoms with E-state index in [9.17, 15) is 4.79 Å². The van der Waals surface area contributed by atoms with Gasteiger partial charge < -0.3 is 9.67 Å². The molecule has 1 unspecified atom stereocenters. The van der Waals surface area contributed by atoms with Gasteiger partial charge in [0, 0.05) is 11.8 Å². The smallest absolute Gasteiger partial charge is 0.313 e. The number of imidazole rings is 1. The van der Waals surface area contributed by atoms with Gasteiger partial charge in [-0.25, -0.2) is 4.98 Å². The molecule has 1 atom stereocenters. The molecule has 1 N–H and O–H groups in total. The van der Waals surface area contributed by atoms with Crippen LogP contribution in [0.4, 0.5) is 0 Å². The Labute approximate surface area is 131 Å². The standard InChI is InChI=1S/C14H15N3O2S2/c1-9(7-20-2)17-12-5-10(6-15)3-4-11(12)16-14(17)21-8-13(18)19/h3-5,9H,7-8H2,1-2H3,(H,18,19). The zero-order valence-electron chi connectivity index (χ0n) is 11.7. The highest BCUT2D eigenvalue weighted by atomic mass is 32.2.